The highest BCUT2D eigenvalue weighted by atomic mass is 16.6. The zero-order valence-electron chi connectivity index (χ0n) is 10.0. The van der Waals surface area contributed by atoms with Gasteiger partial charge in [0.2, 0.25) is 0 Å². The van der Waals surface area contributed by atoms with E-state index in [9.17, 15) is 0 Å². The van der Waals surface area contributed by atoms with Crippen LogP contribution >= 0.6 is 0 Å². The summed E-state index contributed by atoms with van der Waals surface area (Å²) in [4.78, 5) is 34.2. The third-order valence-corrected chi connectivity index (χ3v) is 0. The highest BCUT2D eigenvalue weighted by Gasteiger charge is 1.71. The van der Waals surface area contributed by atoms with Gasteiger partial charge in [-0.3, -0.25) is 0 Å². The lowest BCUT2D eigenvalue weighted by molar-refractivity contribution is 0.135. The molecule has 0 aromatic carbocycles. The molecule has 0 aliphatic rings. The van der Waals surface area contributed by atoms with Crippen LogP contribution in [-0.4, -0.2) is 65.5 Å². The molecule has 16 nitrogen and oxygen atoms in total. The van der Waals surface area contributed by atoms with Crippen LogP contribution in [-0.2, 0) is 0 Å². The van der Waals surface area contributed by atoms with E-state index in [1.807, 2.05) is 0 Å². The Kier molecular flexibility index (Phi) is 120. The molecule has 0 bridgehead atoms. The minimum Gasteiger partial charge on any atom is -0.450 e. The summed E-state index contributed by atoms with van der Waals surface area (Å²) >= 11 is 0. The molecule has 0 aliphatic carbocycles. The number of hydrogen-bond acceptors (Lipinski definition) is 8. The van der Waals surface area contributed by atoms with Crippen molar-refractivity contribution >= 4 is 24.6 Å². The summed E-state index contributed by atoms with van der Waals surface area (Å²) < 4.78 is 0. The molecule has 0 saturated carbocycles. The van der Waals surface area contributed by atoms with Crippen LogP contribution in [0.5, 0.6) is 0 Å². The van der Waals surface area contributed by atoms with Crippen LogP contribution in [0.25, 0.3) is 0 Å². The van der Waals surface area contributed by atoms with Crippen molar-refractivity contribution in [1.82, 2.24) is 24.6 Å². The van der Waals surface area contributed by atoms with Crippen molar-refractivity contribution in [3.05, 3.63) is 0 Å². The summed E-state index contributed by atoms with van der Waals surface area (Å²) in [7, 11) is 0. The number of carbonyl (C=O) groups is 4. The van der Waals surface area contributed by atoms with E-state index in [0.29, 0.717) is 0 Å². The van der Waals surface area contributed by atoms with E-state index in [0.717, 1.165) is 0 Å². The Morgan fingerprint density at radius 3 is 0.350 bits per heavy atom. The van der Waals surface area contributed by atoms with Crippen molar-refractivity contribution in [3.63, 3.8) is 0 Å². The molecule has 0 rings (SSSR count). The molecule has 0 amide bonds. The number of carboxylic acid groups (broad SMARTS) is 8. The first-order valence-corrected chi connectivity index (χ1v) is 2.61. The third-order valence-electron chi connectivity index (χ3n) is 0. The Morgan fingerprint density at radius 1 is 0.350 bits per heavy atom. The van der Waals surface area contributed by atoms with Gasteiger partial charge in [-0.15, -0.1) is 0 Å². The Balaban J connectivity index is -0.0000000150. The largest absolute Gasteiger partial charge is 0.503 e. The summed E-state index contributed by atoms with van der Waals surface area (Å²) in [5.41, 5.74) is 0. The fourth-order valence-electron chi connectivity index (χ4n) is 0. The second-order valence-electron chi connectivity index (χ2n) is 1.13. The molecule has 0 aromatic rings. The summed E-state index contributed by atoms with van der Waals surface area (Å²) in [6, 6.07) is 0. The van der Waals surface area contributed by atoms with Crippen molar-refractivity contribution in [2.75, 3.05) is 0 Å². The van der Waals surface area contributed by atoms with Crippen LogP contribution in [0, 0.1) is 0 Å². The minimum absolute atomic E-state index is 0. The molecule has 0 radical (unpaired) electrons. The van der Waals surface area contributed by atoms with Gasteiger partial charge in [-0.25, -0.2) is 19.2 Å². The molecular formula is C4H20N4O12. The summed E-state index contributed by atoms with van der Waals surface area (Å²) in [6.45, 7) is 0. The fourth-order valence-corrected chi connectivity index (χ4v) is 0. The van der Waals surface area contributed by atoms with Crippen LogP contribution in [0.3, 0.4) is 0 Å². The van der Waals surface area contributed by atoms with E-state index in [1.165, 1.54) is 0 Å². The van der Waals surface area contributed by atoms with Crippen LogP contribution in [0.4, 0.5) is 19.2 Å². The Morgan fingerprint density at radius 2 is 0.350 bits per heavy atom. The standard InChI is InChI=1S/4CH2O3.4H3N/c4*2-1(3)4;;;;/h4*(H2,2,3,4);4*1H3. The SMILES string of the molecule is N.N.N.N.O=C(O)O.O=C(O)O.O=C(O)O.O=C(O)O. The van der Waals surface area contributed by atoms with Gasteiger partial charge < -0.3 is 65.5 Å². The van der Waals surface area contributed by atoms with Gasteiger partial charge in [0, 0.05) is 0 Å². The first-order chi connectivity index (χ1) is 6.93. The van der Waals surface area contributed by atoms with Gasteiger partial charge in [0.15, 0.2) is 0 Å². The topological polar surface area (TPSA) is 370 Å². The maximum atomic E-state index is 8.56. The van der Waals surface area contributed by atoms with Gasteiger partial charge in [-0.1, -0.05) is 0 Å². The average Bonchev–Trinajstić information content (AvgIpc) is 1.76. The maximum absolute atomic E-state index is 8.56. The van der Waals surface area contributed by atoms with E-state index in [-0.39, 0.29) is 24.6 Å². The Labute approximate surface area is 110 Å². The normalized spacial score (nSPS) is 4.80. The Hall–Kier alpha value is -3.08. The number of hydrogen-bond donors (Lipinski definition) is 12. The van der Waals surface area contributed by atoms with Crippen molar-refractivity contribution in [2.24, 2.45) is 0 Å². The second kappa shape index (κ2) is 44.5. The van der Waals surface area contributed by atoms with Gasteiger partial charge >= 0.3 is 24.6 Å². The molecule has 0 saturated heterocycles. The van der Waals surface area contributed by atoms with Gasteiger partial charge in [-0.05, 0) is 0 Å². The van der Waals surface area contributed by atoms with E-state index < -0.39 is 24.6 Å². The van der Waals surface area contributed by atoms with Crippen molar-refractivity contribution < 1.29 is 60.0 Å². The monoisotopic (exact) mass is 316 g/mol. The quantitative estimate of drug-likeness (QED) is 0.301. The molecule has 0 atom stereocenters. The summed E-state index contributed by atoms with van der Waals surface area (Å²) in [6.07, 6.45) is -7.33. The molecule has 20 N–H and O–H groups in total. The average molecular weight is 316 g/mol. The molecule has 20 heavy (non-hydrogen) atoms. The lowest BCUT2D eigenvalue weighted by Crippen LogP contribution is -1.81. The van der Waals surface area contributed by atoms with E-state index >= 15 is 0 Å². The predicted molar refractivity (Wildman–Crippen MR) is 62.7 cm³/mol. The van der Waals surface area contributed by atoms with Crippen molar-refractivity contribution in [3.8, 4) is 0 Å². The minimum atomic E-state index is -1.83. The smallest absolute Gasteiger partial charge is 0.450 e. The molecule has 0 spiro atoms. The zero-order chi connectivity index (χ0) is 14.3. The van der Waals surface area contributed by atoms with Gasteiger partial charge in [0.05, 0.1) is 0 Å². The number of rotatable bonds is 0. The van der Waals surface area contributed by atoms with Crippen molar-refractivity contribution in [2.45, 2.75) is 0 Å². The molecule has 16 heteroatoms. The van der Waals surface area contributed by atoms with Crippen molar-refractivity contribution in [1.29, 1.82) is 0 Å². The molecule has 0 aromatic heterocycles. The highest BCUT2D eigenvalue weighted by Crippen LogP contribution is 1.43. The zero-order valence-corrected chi connectivity index (χ0v) is 10.0. The summed E-state index contributed by atoms with van der Waals surface area (Å²) in [5.74, 6) is 0. The summed E-state index contributed by atoms with van der Waals surface area (Å²) in [5, 5.41) is 55.8. The second-order valence-corrected chi connectivity index (χ2v) is 1.13. The molecule has 128 valence electrons. The van der Waals surface area contributed by atoms with Gasteiger partial charge in [0.1, 0.15) is 0 Å². The van der Waals surface area contributed by atoms with Gasteiger partial charge in [-0.2, -0.15) is 0 Å². The Bertz CT molecular complexity index is 167. The molecule has 0 heterocycles. The maximum Gasteiger partial charge on any atom is 0.503 e. The van der Waals surface area contributed by atoms with Crippen LogP contribution < -0.4 is 24.6 Å². The first-order valence-electron chi connectivity index (χ1n) is 2.61. The lowest BCUT2D eigenvalue weighted by Gasteiger charge is -1.60. The lowest BCUT2D eigenvalue weighted by atomic mass is 11.5. The van der Waals surface area contributed by atoms with Crippen LogP contribution in [0.1, 0.15) is 0 Å². The van der Waals surface area contributed by atoms with Crippen LogP contribution in [0.2, 0.25) is 0 Å². The first kappa shape index (κ1) is 53.9. The molecule has 0 aliphatic heterocycles. The molecule has 0 fully saturated rings. The fraction of sp³-hybridized carbons (Fsp3) is 0. The molecule has 0 unspecified atom stereocenters. The third kappa shape index (κ3) is 305. The van der Waals surface area contributed by atoms with E-state index in [1.54, 1.807) is 0 Å². The van der Waals surface area contributed by atoms with Crippen LogP contribution in [0.15, 0.2) is 0 Å². The van der Waals surface area contributed by atoms with E-state index in [4.69, 9.17) is 60.0 Å². The highest BCUT2D eigenvalue weighted by molar-refractivity contribution is 5.54. The predicted octanol–water partition coefficient (Wildman–Crippen LogP) is 1.54. The van der Waals surface area contributed by atoms with Gasteiger partial charge in [0.25, 0.3) is 0 Å². The van der Waals surface area contributed by atoms with E-state index in [2.05, 4.69) is 0 Å². The molecular weight excluding hydrogens is 296 g/mol.